The maximum Gasteiger partial charge on any atom is 0.277 e. The van der Waals surface area contributed by atoms with Crippen molar-refractivity contribution in [2.45, 2.75) is 47.1 Å². The number of ether oxygens (including phenoxy) is 1. The number of carbonyl (C=O) groups excluding carboxylic acids is 1. The van der Waals surface area contributed by atoms with Crippen molar-refractivity contribution in [1.29, 1.82) is 0 Å². The highest BCUT2D eigenvalue weighted by Crippen LogP contribution is 2.26. The minimum absolute atomic E-state index is 0.0743. The third-order valence-corrected chi connectivity index (χ3v) is 6.44. The van der Waals surface area contributed by atoms with E-state index in [1.165, 1.54) is 24.0 Å². The number of hydrazone groups is 1. The number of aromatic nitrogens is 1. The van der Waals surface area contributed by atoms with Crippen LogP contribution in [0.2, 0.25) is 0 Å². The van der Waals surface area contributed by atoms with Gasteiger partial charge in [-0.05, 0) is 75.4 Å². The van der Waals surface area contributed by atoms with Gasteiger partial charge in [-0.1, -0.05) is 36.8 Å². The maximum atomic E-state index is 12.3. The van der Waals surface area contributed by atoms with E-state index in [1.54, 1.807) is 6.21 Å². The largest absolute Gasteiger partial charge is 0.483 e. The predicted octanol–water partition coefficient (Wildman–Crippen LogP) is 4.85. The number of hydrogen-bond donors (Lipinski definition) is 2. The zero-order chi connectivity index (χ0) is 23.4. The average molecular weight is 447 g/mol. The van der Waals surface area contributed by atoms with Crippen LogP contribution in [-0.4, -0.2) is 41.7 Å². The van der Waals surface area contributed by atoms with Crippen molar-refractivity contribution in [2.75, 3.05) is 19.7 Å². The highest BCUT2D eigenvalue weighted by Gasteiger charge is 2.18. The van der Waals surface area contributed by atoms with Gasteiger partial charge in [0, 0.05) is 29.2 Å². The van der Waals surface area contributed by atoms with Gasteiger partial charge >= 0.3 is 0 Å². The monoisotopic (exact) mass is 446 g/mol. The Morgan fingerprint density at radius 1 is 1.21 bits per heavy atom. The molecule has 0 saturated carbocycles. The number of rotatable bonds is 7. The number of H-pyrrole nitrogens is 1. The zero-order valence-corrected chi connectivity index (χ0v) is 20.1. The van der Waals surface area contributed by atoms with Crippen molar-refractivity contribution in [1.82, 2.24) is 15.3 Å². The van der Waals surface area contributed by atoms with Crippen LogP contribution in [0.25, 0.3) is 10.9 Å². The molecule has 0 unspecified atom stereocenters. The Morgan fingerprint density at radius 2 is 1.94 bits per heavy atom. The van der Waals surface area contributed by atoms with Crippen LogP contribution in [-0.2, 0) is 11.3 Å². The Labute approximate surface area is 196 Å². The van der Waals surface area contributed by atoms with Crippen molar-refractivity contribution in [2.24, 2.45) is 11.0 Å². The van der Waals surface area contributed by atoms with E-state index in [0.29, 0.717) is 0 Å². The first-order valence-electron chi connectivity index (χ1n) is 11.7. The number of hydrogen-bond acceptors (Lipinski definition) is 4. The summed E-state index contributed by atoms with van der Waals surface area (Å²) in [6, 6.07) is 10.2. The smallest absolute Gasteiger partial charge is 0.277 e. The van der Waals surface area contributed by atoms with Gasteiger partial charge in [0.05, 0.1) is 6.21 Å². The molecule has 1 aliphatic rings. The molecule has 6 nitrogen and oxygen atoms in total. The van der Waals surface area contributed by atoms with Gasteiger partial charge in [0.25, 0.3) is 5.91 Å². The van der Waals surface area contributed by atoms with Crippen LogP contribution in [0.1, 0.15) is 47.6 Å². The van der Waals surface area contributed by atoms with Crippen molar-refractivity contribution >= 4 is 23.0 Å². The van der Waals surface area contributed by atoms with Gasteiger partial charge in [0.15, 0.2) is 6.61 Å². The number of aryl methyl sites for hydroxylation is 3. The quantitative estimate of drug-likeness (QED) is 0.402. The van der Waals surface area contributed by atoms with Gasteiger partial charge in [0.1, 0.15) is 5.75 Å². The van der Waals surface area contributed by atoms with Gasteiger partial charge in [-0.25, -0.2) is 5.43 Å². The summed E-state index contributed by atoms with van der Waals surface area (Å²) in [5, 5.41) is 5.37. The molecular formula is C27H34N4O2. The molecule has 1 aliphatic heterocycles. The summed E-state index contributed by atoms with van der Waals surface area (Å²) in [4.78, 5) is 18.2. The van der Waals surface area contributed by atoms with E-state index in [1.807, 2.05) is 26.0 Å². The van der Waals surface area contributed by atoms with E-state index in [2.05, 4.69) is 58.7 Å². The van der Waals surface area contributed by atoms with E-state index < -0.39 is 0 Å². The molecule has 2 heterocycles. The standard InChI is InChI=1S/C27H34N4O2/c1-18-8-10-31(11-9-18)16-23-14-28-24-7-5-6-22(26(23)24)15-29-30-25(32)17-33-27-20(3)12-19(2)13-21(27)4/h5-7,12-15,18,28H,8-11,16-17H2,1-4H3,(H,30,32)/b29-15+. The number of nitrogens with one attached hydrogen (secondary N) is 2. The summed E-state index contributed by atoms with van der Waals surface area (Å²) in [6.45, 7) is 11.5. The SMILES string of the molecule is Cc1cc(C)c(OCC(=O)N/N=C/c2cccc3[nH]cc(CN4CCC(C)CC4)c23)c(C)c1. The summed E-state index contributed by atoms with van der Waals surface area (Å²) in [6.07, 6.45) is 6.33. The summed E-state index contributed by atoms with van der Waals surface area (Å²) in [7, 11) is 0. The fraction of sp³-hybridized carbons (Fsp3) is 0.407. The molecule has 1 aromatic heterocycles. The lowest BCUT2D eigenvalue weighted by atomic mass is 9.98. The third kappa shape index (κ3) is 5.63. The molecular weight excluding hydrogens is 412 g/mol. The van der Waals surface area contributed by atoms with E-state index in [-0.39, 0.29) is 12.5 Å². The van der Waals surface area contributed by atoms with Crippen molar-refractivity contribution in [3.8, 4) is 5.75 Å². The van der Waals surface area contributed by atoms with Crippen LogP contribution in [0.4, 0.5) is 0 Å². The van der Waals surface area contributed by atoms with Gasteiger partial charge in [-0.2, -0.15) is 5.10 Å². The Bertz CT molecular complexity index is 1130. The van der Waals surface area contributed by atoms with Gasteiger partial charge < -0.3 is 9.72 Å². The van der Waals surface area contributed by atoms with Crippen LogP contribution >= 0.6 is 0 Å². The van der Waals surface area contributed by atoms with Crippen molar-refractivity contribution in [3.63, 3.8) is 0 Å². The summed E-state index contributed by atoms with van der Waals surface area (Å²) >= 11 is 0. The maximum absolute atomic E-state index is 12.3. The van der Waals surface area contributed by atoms with Crippen LogP contribution in [0.5, 0.6) is 5.75 Å². The second-order valence-corrected chi connectivity index (χ2v) is 9.35. The first-order chi connectivity index (χ1) is 15.9. The van der Waals surface area contributed by atoms with Crippen LogP contribution in [0.15, 0.2) is 41.6 Å². The Hall–Kier alpha value is -3.12. The molecule has 0 aliphatic carbocycles. The van der Waals surface area contributed by atoms with E-state index in [9.17, 15) is 4.79 Å². The molecule has 6 heteroatoms. The van der Waals surface area contributed by atoms with Gasteiger partial charge in [-0.15, -0.1) is 0 Å². The van der Waals surface area contributed by atoms with E-state index >= 15 is 0 Å². The molecule has 1 saturated heterocycles. The van der Waals surface area contributed by atoms with E-state index in [4.69, 9.17) is 4.74 Å². The number of aromatic amines is 1. The fourth-order valence-corrected chi connectivity index (χ4v) is 4.72. The van der Waals surface area contributed by atoms with Gasteiger partial charge in [0.2, 0.25) is 0 Å². The molecule has 0 spiro atoms. The van der Waals surface area contributed by atoms with Crippen LogP contribution < -0.4 is 10.2 Å². The second kappa shape index (κ2) is 10.2. The average Bonchev–Trinajstić information content (AvgIpc) is 3.18. The lowest BCUT2D eigenvalue weighted by molar-refractivity contribution is -0.123. The lowest BCUT2D eigenvalue weighted by Gasteiger charge is -2.30. The van der Waals surface area contributed by atoms with E-state index in [0.717, 1.165) is 58.9 Å². The molecule has 0 radical (unpaired) electrons. The van der Waals surface area contributed by atoms with Crippen molar-refractivity contribution in [3.05, 3.63) is 64.3 Å². The highest BCUT2D eigenvalue weighted by molar-refractivity contribution is 6.00. The molecule has 1 fully saturated rings. The highest BCUT2D eigenvalue weighted by atomic mass is 16.5. The number of piperidine rings is 1. The van der Waals surface area contributed by atoms with Crippen LogP contribution in [0, 0.1) is 26.7 Å². The number of likely N-dealkylation sites (tertiary alicyclic amines) is 1. The first-order valence-corrected chi connectivity index (χ1v) is 11.7. The Balaban J connectivity index is 1.39. The molecule has 33 heavy (non-hydrogen) atoms. The summed E-state index contributed by atoms with van der Waals surface area (Å²) in [5.74, 6) is 1.29. The first kappa shape index (κ1) is 23.1. The lowest BCUT2D eigenvalue weighted by Crippen LogP contribution is -2.32. The third-order valence-electron chi connectivity index (χ3n) is 6.44. The minimum Gasteiger partial charge on any atom is -0.483 e. The Kier molecular flexibility index (Phi) is 7.14. The summed E-state index contributed by atoms with van der Waals surface area (Å²) < 4.78 is 5.76. The normalized spacial score (nSPS) is 15.4. The molecule has 2 N–H and O–H groups in total. The number of benzene rings is 2. The molecule has 0 atom stereocenters. The topological polar surface area (TPSA) is 69.7 Å². The number of fused-ring (bicyclic) bond motifs is 1. The second-order valence-electron chi connectivity index (χ2n) is 9.35. The predicted molar refractivity (Wildman–Crippen MR) is 134 cm³/mol. The molecule has 174 valence electrons. The molecule has 2 aromatic carbocycles. The van der Waals surface area contributed by atoms with Crippen LogP contribution in [0.3, 0.4) is 0 Å². The summed E-state index contributed by atoms with van der Waals surface area (Å²) in [5.41, 5.74) is 9.17. The zero-order valence-electron chi connectivity index (χ0n) is 20.1. The number of carbonyl (C=O) groups is 1. The molecule has 0 bridgehead atoms. The minimum atomic E-state index is -0.283. The molecule has 1 amide bonds. The Morgan fingerprint density at radius 3 is 2.67 bits per heavy atom. The van der Waals surface area contributed by atoms with Crippen molar-refractivity contribution < 1.29 is 9.53 Å². The van der Waals surface area contributed by atoms with Gasteiger partial charge in [-0.3, -0.25) is 9.69 Å². The number of amides is 1. The molecule has 3 aromatic rings. The number of nitrogens with zero attached hydrogens (tertiary/aromatic N) is 2. The fourth-order valence-electron chi connectivity index (χ4n) is 4.72. The molecule has 4 rings (SSSR count).